The van der Waals surface area contributed by atoms with Gasteiger partial charge in [0.25, 0.3) is 0 Å². The molecule has 0 fully saturated rings. The second kappa shape index (κ2) is 7.93. The Hall–Kier alpha value is -0.290. The Bertz CT molecular complexity index is 453. The van der Waals surface area contributed by atoms with Crippen LogP contribution in [0.25, 0.3) is 0 Å². The van der Waals surface area contributed by atoms with Crippen molar-refractivity contribution >= 4 is 47.2 Å². The molecule has 8 heteroatoms. The summed E-state index contributed by atoms with van der Waals surface area (Å²) in [6.45, 7) is 2.41. The fourth-order valence-corrected chi connectivity index (χ4v) is 1.21. The minimum absolute atomic E-state index is 0.329. The van der Waals surface area contributed by atoms with E-state index in [1.165, 1.54) is 0 Å². The minimum Gasteiger partial charge on any atom is -0.369 e. The summed E-state index contributed by atoms with van der Waals surface area (Å²) in [7, 11) is 4.81. The van der Waals surface area contributed by atoms with Crippen LogP contribution in [0.1, 0.15) is 6.92 Å². The highest BCUT2D eigenvalue weighted by Crippen LogP contribution is 2.22. The quantitative estimate of drug-likeness (QED) is 0.580. The summed E-state index contributed by atoms with van der Waals surface area (Å²) >= 11 is 5.74. The average molecular weight is 320 g/mol. The summed E-state index contributed by atoms with van der Waals surface area (Å²) in [5.41, 5.74) is 0.376. The predicted molar refractivity (Wildman–Crippen MR) is 68.3 cm³/mol. The zero-order valence-corrected chi connectivity index (χ0v) is 11.8. The van der Waals surface area contributed by atoms with Crippen molar-refractivity contribution in [3.8, 4) is 0 Å². The molecule has 0 radical (unpaired) electrons. The SMILES string of the molecule is CCOC1C=CC=C(Cl)C1=C=O.O=S(=O)(Cl)Cl. The molecule has 0 aromatic carbocycles. The van der Waals surface area contributed by atoms with E-state index in [0.717, 1.165) is 0 Å². The molecule has 17 heavy (non-hydrogen) atoms. The zero-order valence-electron chi connectivity index (χ0n) is 8.69. The van der Waals surface area contributed by atoms with Gasteiger partial charge in [0.05, 0.1) is 10.6 Å². The van der Waals surface area contributed by atoms with E-state index >= 15 is 0 Å². The highest BCUT2D eigenvalue weighted by molar-refractivity contribution is 8.31. The smallest absolute Gasteiger partial charge is 0.317 e. The van der Waals surface area contributed by atoms with Gasteiger partial charge < -0.3 is 4.74 Å². The lowest BCUT2D eigenvalue weighted by Crippen LogP contribution is -2.15. The van der Waals surface area contributed by atoms with Crippen molar-refractivity contribution in [2.24, 2.45) is 0 Å². The van der Waals surface area contributed by atoms with E-state index in [4.69, 9.17) is 24.8 Å². The second-order valence-corrected chi connectivity index (χ2v) is 6.74. The van der Waals surface area contributed by atoms with Crippen LogP contribution in [0.2, 0.25) is 0 Å². The number of ether oxygens (including phenoxy) is 1. The molecule has 0 N–H and O–H groups in total. The number of hydrogen-bond acceptors (Lipinski definition) is 4. The maximum Gasteiger partial charge on any atom is 0.317 e. The van der Waals surface area contributed by atoms with Crippen molar-refractivity contribution < 1.29 is 17.9 Å². The molecule has 0 aromatic rings. The van der Waals surface area contributed by atoms with Crippen LogP contribution >= 0.6 is 33.0 Å². The van der Waals surface area contributed by atoms with Gasteiger partial charge >= 0.3 is 8.26 Å². The molecule has 0 aromatic heterocycles. The topological polar surface area (TPSA) is 60.4 Å². The summed E-state index contributed by atoms with van der Waals surface area (Å²) in [6.07, 6.45) is 4.86. The van der Waals surface area contributed by atoms with E-state index in [9.17, 15) is 4.79 Å². The lowest BCUT2D eigenvalue weighted by atomic mass is 10.1. The first-order valence-electron chi connectivity index (χ1n) is 4.34. The number of allylic oxidation sites excluding steroid dienone is 2. The third-order valence-corrected chi connectivity index (χ3v) is 1.86. The normalized spacial score (nSPS) is 18.9. The van der Waals surface area contributed by atoms with Gasteiger partial charge in [0.1, 0.15) is 12.0 Å². The van der Waals surface area contributed by atoms with Crippen LogP contribution in [0, 0.1) is 0 Å². The molecule has 0 saturated carbocycles. The van der Waals surface area contributed by atoms with E-state index in [1.54, 1.807) is 24.2 Å². The Morgan fingerprint density at radius 3 is 2.41 bits per heavy atom. The third-order valence-electron chi connectivity index (χ3n) is 1.53. The molecule has 1 aliphatic rings. The second-order valence-electron chi connectivity index (χ2n) is 2.67. The Morgan fingerprint density at radius 2 is 2.00 bits per heavy atom. The van der Waals surface area contributed by atoms with Crippen molar-refractivity contribution in [1.29, 1.82) is 0 Å². The van der Waals surface area contributed by atoms with Crippen LogP contribution in [0.5, 0.6) is 0 Å². The maximum absolute atomic E-state index is 10.5. The molecule has 0 heterocycles. The predicted octanol–water partition coefficient (Wildman–Crippen LogP) is 2.55. The van der Waals surface area contributed by atoms with Gasteiger partial charge in [0.15, 0.2) is 0 Å². The Balaban J connectivity index is 0.000000437. The lowest BCUT2D eigenvalue weighted by Gasteiger charge is -2.15. The molecule has 0 spiro atoms. The van der Waals surface area contributed by atoms with Crippen LogP contribution < -0.4 is 0 Å². The summed E-state index contributed by atoms with van der Waals surface area (Å²) < 4.78 is 23.6. The number of rotatable bonds is 2. The summed E-state index contributed by atoms with van der Waals surface area (Å²) in [6, 6.07) is 0. The van der Waals surface area contributed by atoms with Crippen LogP contribution in [-0.4, -0.2) is 27.1 Å². The zero-order chi connectivity index (χ0) is 13.5. The minimum atomic E-state index is -3.72. The molecule has 1 aliphatic carbocycles. The molecule has 1 rings (SSSR count). The first-order chi connectivity index (χ1) is 7.79. The number of halogens is 3. The van der Waals surface area contributed by atoms with Crippen LogP contribution in [-0.2, 0) is 17.8 Å². The molecule has 0 amide bonds. The lowest BCUT2D eigenvalue weighted by molar-refractivity contribution is 0.122. The molecule has 1 atom stereocenters. The average Bonchev–Trinajstić information content (AvgIpc) is 2.16. The monoisotopic (exact) mass is 318 g/mol. The van der Waals surface area contributed by atoms with Gasteiger partial charge in [0, 0.05) is 28.0 Å². The van der Waals surface area contributed by atoms with Crippen LogP contribution in [0.3, 0.4) is 0 Å². The standard InChI is InChI=1S/C9H9ClO2.Cl2O2S/c1-2-12-9-5-3-4-8(10)7(9)6-11;1-5(2,3)4/h3-5,9H,2H2,1H3;. The summed E-state index contributed by atoms with van der Waals surface area (Å²) in [5.74, 6) is 1.78. The van der Waals surface area contributed by atoms with E-state index in [2.05, 4.69) is 21.4 Å². The fourth-order valence-electron chi connectivity index (χ4n) is 0.988. The highest BCUT2D eigenvalue weighted by atomic mass is 36.0. The molecule has 96 valence electrons. The first kappa shape index (κ1) is 16.7. The van der Waals surface area contributed by atoms with Gasteiger partial charge in [-0.15, -0.1) is 0 Å². The van der Waals surface area contributed by atoms with Gasteiger partial charge in [-0.3, -0.25) is 0 Å². The number of carbonyl (C=O) groups excluding carboxylic acids is 1. The van der Waals surface area contributed by atoms with Gasteiger partial charge in [0.2, 0.25) is 0 Å². The van der Waals surface area contributed by atoms with Crippen molar-refractivity contribution in [3.63, 3.8) is 0 Å². The fraction of sp³-hybridized carbons (Fsp3) is 0.333. The molecule has 0 bridgehead atoms. The molecule has 4 nitrogen and oxygen atoms in total. The van der Waals surface area contributed by atoms with Crippen LogP contribution in [0.4, 0.5) is 0 Å². The van der Waals surface area contributed by atoms with Crippen molar-refractivity contribution in [2.45, 2.75) is 13.0 Å². The molecular formula is C9H9Cl3O4S. The van der Waals surface area contributed by atoms with Gasteiger partial charge in [-0.25, -0.2) is 4.79 Å². The molecule has 0 saturated heterocycles. The molecule has 1 unspecified atom stereocenters. The highest BCUT2D eigenvalue weighted by Gasteiger charge is 2.17. The van der Waals surface area contributed by atoms with Gasteiger partial charge in [-0.2, -0.15) is 8.42 Å². The Kier molecular flexibility index (Phi) is 7.79. The maximum atomic E-state index is 10.5. The Labute approximate surface area is 113 Å². The van der Waals surface area contributed by atoms with E-state index < -0.39 is 8.26 Å². The van der Waals surface area contributed by atoms with Gasteiger partial charge in [-0.05, 0) is 13.0 Å². The Morgan fingerprint density at radius 1 is 1.47 bits per heavy atom. The van der Waals surface area contributed by atoms with E-state index in [0.29, 0.717) is 17.2 Å². The molecule has 0 aliphatic heterocycles. The van der Waals surface area contributed by atoms with Crippen LogP contribution in [0.15, 0.2) is 28.8 Å². The van der Waals surface area contributed by atoms with E-state index in [-0.39, 0.29) is 6.10 Å². The van der Waals surface area contributed by atoms with Crippen molar-refractivity contribution in [3.05, 3.63) is 28.8 Å². The molecular weight excluding hydrogens is 311 g/mol. The van der Waals surface area contributed by atoms with Crippen molar-refractivity contribution in [2.75, 3.05) is 6.61 Å². The van der Waals surface area contributed by atoms with Crippen molar-refractivity contribution in [1.82, 2.24) is 0 Å². The summed E-state index contributed by atoms with van der Waals surface area (Å²) in [4.78, 5) is 10.5. The largest absolute Gasteiger partial charge is 0.369 e. The van der Waals surface area contributed by atoms with Gasteiger partial charge in [-0.1, -0.05) is 23.8 Å². The summed E-state index contributed by atoms with van der Waals surface area (Å²) in [5, 5.41) is 0.408. The number of hydrogen-bond donors (Lipinski definition) is 0. The van der Waals surface area contributed by atoms with E-state index in [1.807, 2.05) is 6.92 Å². The third kappa shape index (κ3) is 8.44. The first-order valence-corrected chi connectivity index (χ1v) is 7.86.